The van der Waals surface area contributed by atoms with Crippen molar-refractivity contribution in [2.24, 2.45) is 5.92 Å². The van der Waals surface area contributed by atoms with Crippen LogP contribution in [-0.4, -0.2) is 13.1 Å². The summed E-state index contributed by atoms with van der Waals surface area (Å²) in [5.41, 5.74) is 0.188. The molecule has 0 unspecified atom stereocenters. The van der Waals surface area contributed by atoms with Gasteiger partial charge in [0.15, 0.2) is 0 Å². The van der Waals surface area contributed by atoms with Crippen molar-refractivity contribution in [1.82, 2.24) is 5.32 Å². The number of unbranched alkanes of at least 4 members (excludes halogenated alkanes) is 1. The van der Waals surface area contributed by atoms with Gasteiger partial charge in [0.1, 0.15) is 11.6 Å². The third-order valence-electron chi connectivity index (χ3n) is 2.72. The maximum Gasteiger partial charge on any atom is 0.143 e. The van der Waals surface area contributed by atoms with Gasteiger partial charge in [-0.25, -0.2) is 8.78 Å². The first-order chi connectivity index (χ1) is 8.52. The van der Waals surface area contributed by atoms with Gasteiger partial charge < -0.3 is 5.32 Å². The highest BCUT2D eigenvalue weighted by molar-refractivity contribution is 9.10. The number of rotatable bonds is 7. The molecule has 18 heavy (non-hydrogen) atoms. The molecule has 0 aromatic heterocycles. The average molecular weight is 320 g/mol. The zero-order valence-electron chi connectivity index (χ0n) is 10.9. The molecule has 0 aliphatic heterocycles. The van der Waals surface area contributed by atoms with Gasteiger partial charge >= 0.3 is 0 Å². The van der Waals surface area contributed by atoms with Gasteiger partial charge in [-0.1, -0.05) is 13.8 Å². The summed E-state index contributed by atoms with van der Waals surface area (Å²) in [5, 5.41) is 3.31. The normalized spacial score (nSPS) is 11.2. The van der Waals surface area contributed by atoms with Crippen LogP contribution in [0.4, 0.5) is 8.78 Å². The summed E-state index contributed by atoms with van der Waals surface area (Å²) in [7, 11) is 0. The second kappa shape index (κ2) is 7.85. The molecule has 0 radical (unpaired) electrons. The summed E-state index contributed by atoms with van der Waals surface area (Å²) < 4.78 is 27.4. The predicted octanol–water partition coefficient (Wildman–Crippen LogP) is 4.30. The standard InChI is InChI=1S/C14H20BrF2N/c1-10(2)9-18-8-4-3-5-11-13(16)7-6-12(15)14(11)17/h6-7,10,18H,3-5,8-9H2,1-2H3. The molecule has 4 heteroatoms. The predicted molar refractivity (Wildman–Crippen MR) is 74.7 cm³/mol. The second-order valence-corrected chi connectivity index (χ2v) is 5.73. The summed E-state index contributed by atoms with van der Waals surface area (Å²) in [6.07, 6.45) is 2.16. The maximum absolute atomic E-state index is 13.6. The fourth-order valence-electron chi connectivity index (χ4n) is 1.74. The van der Waals surface area contributed by atoms with Crippen LogP contribution in [0, 0.1) is 17.6 Å². The Labute approximate surface area is 116 Å². The van der Waals surface area contributed by atoms with Crippen molar-refractivity contribution < 1.29 is 8.78 Å². The van der Waals surface area contributed by atoms with E-state index in [1.165, 1.54) is 12.1 Å². The van der Waals surface area contributed by atoms with Gasteiger partial charge in [0.2, 0.25) is 0 Å². The number of halogens is 3. The number of hydrogen-bond donors (Lipinski definition) is 1. The lowest BCUT2D eigenvalue weighted by atomic mass is 10.1. The molecular weight excluding hydrogens is 300 g/mol. The third kappa shape index (κ3) is 5.02. The Morgan fingerprint density at radius 2 is 1.94 bits per heavy atom. The van der Waals surface area contributed by atoms with Crippen LogP contribution in [0.2, 0.25) is 0 Å². The van der Waals surface area contributed by atoms with Crippen molar-refractivity contribution in [3.63, 3.8) is 0 Å². The first kappa shape index (κ1) is 15.6. The Hall–Kier alpha value is -0.480. The van der Waals surface area contributed by atoms with E-state index >= 15 is 0 Å². The third-order valence-corrected chi connectivity index (χ3v) is 3.33. The molecule has 0 fully saturated rings. The SMILES string of the molecule is CC(C)CNCCCCc1c(F)ccc(Br)c1F. The molecule has 0 bridgehead atoms. The molecule has 1 nitrogen and oxygen atoms in total. The summed E-state index contributed by atoms with van der Waals surface area (Å²) >= 11 is 3.08. The lowest BCUT2D eigenvalue weighted by Crippen LogP contribution is -2.20. The lowest BCUT2D eigenvalue weighted by molar-refractivity contribution is 0.520. The molecule has 0 spiro atoms. The summed E-state index contributed by atoms with van der Waals surface area (Å²) in [5.74, 6) is -0.291. The molecule has 0 atom stereocenters. The maximum atomic E-state index is 13.6. The Morgan fingerprint density at radius 1 is 1.22 bits per heavy atom. The van der Waals surface area contributed by atoms with Gasteiger partial charge in [-0.2, -0.15) is 0 Å². The number of nitrogens with one attached hydrogen (secondary N) is 1. The highest BCUT2D eigenvalue weighted by Crippen LogP contribution is 2.22. The molecule has 0 aliphatic carbocycles. The van der Waals surface area contributed by atoms with Crippen LogP contribution in [0.1, 0.15) is 32.3 Å². The molecule has 0 heterocycles. The lowest BCUT2D eigenvalue weighted by Gasteiger charge is -2.08. The molecule has 0 saturated heterocycles. The van der Waals surface area contributed by atoms with Crippen molar-refractivity contribution in [3.05, 3.63) is 33.8 Å². The topological polar surface area (TPSA) is 12.0 Å². The molecule has 1 aromatic rings. The fourth-order valence-corrected chi connectivity index (χ4v) is 2.11. The van der Waals surface area contributed by atoms with Crippen LogP contribution in [0.5, 0.6) is 0 Å². The van der Waals surface area contributed by atoms with Gasteiger partial charge in [-0.15, -0.1) is 0 Å². The van der Waals surface area contributed by atoms with E-state index in [1.807, 2.05) is 0 Å². The van der Waals surface area contributed by atoms with Crippen molar-refractivity contribution in [1.29, 1.82) is 0 Å². The van der Waals surface area contributed by atoms with E-state index in [9.17, 15) is 8.78 Å². The van der Waals surface area contributed by atoms with Crippen LogP contribution >= 0.6 is 15.9 Å². The minimum Gasteiger partial charge on any atom is -0.316 e. The zero-order valence-corrected chi connectivity index (χ0v) is 12.5. The van der Waals surface area contributed by atoms with Gasteiger partial charge in [0.05, 0.1) is 4.47 Å². The Balaban J connectivity index is 2.33. The molecular formula is C14H20BrF2N. The fraction of sp³-hybridized carbons (Fsp3) is 0.571. The smallest absolute Gasteiger partial charge is 0.143 e. The summed E-state index contributed by atoms with van der Waals surface area (Å²) in [4.78, 5) is 0. The number of hydrogen-bond acceptors (Lipinski definition) is 1. The highest BCUT2D eigenvalue weighted by Gasteiger charge is 2.11. The first-order valence-corrected chi connectivity index (χ1v) is 7.14. The second-order valence-electron chi connectivity index (χ2n) is 4.88. The van der Waals surface area contributed by atoms with E-state index in [1.54, 1.807) is 0 Å². The van der Waals surface area contributed by atoms with Crippen molar-refractivity contribution >= 4 is 15.9 Å². The number of benzene rings is 1. The summed E-state index contributed by atoms with van der Waals surface area (Å²) in [6.45, 7) is 6.19. The van der Waals surface area contributed by atoms with Crippen molar-refractivity contribution in [2.75, 3.05) is 13.1 Å². The molecule has 1 rings (SSSR count). The Morgan fingerprint density at radius 3 is 2.61 bits per heavy atom. The van der Waals surface area contributed by atoms with Crippen LogP contribution < -0.4 is 5.32 Å². The van der Waals surface area contributed by atoms with Gasteiger partial charge in [-0.05, 0) is 66.3 Å². The molecule has 0 amide bonds. The van der Waals surface area contributed by atoms with E-state index in [0.29, 0.717) is 16.8 Å². The van der Waals surface area contributed by atoms with E-state index in [2.05, 4.69) is 35.1 Å². The average Bonchev–Trinajstić information content (AvgIpc) is 2.32. The monoisotopic (exact) mass is 319 g/mol. The molecule has 102 valence electrons. The molecule has 1 N–H and O–H groups in total. The van der Waals surface area contributed by atoms with E-state index in [4.69, 9.17) is 0 Å². The quantitative estimate of drug-likeness (QED) is 0.583. The minimum absolute atomic E-state index is 0.188. The molecule has 1 aromatic carbocycles. The van der Waals surface area contributed by atoms with Crippen LogP contribution in [0.3, 0.4) is 0 Å². The Kier molecular flexibility index (Phi) is 6.79. The van der Waals surface area contributed by atoms with Crippen molar-refractivity contribution in [2.45, 2.75) is 33.1 Å². The first-order valence-electron chi connectivity index (χ1n) is 6.35. The van der Waals surface area contributed by atoms with Gasteiger partial charge in [0, 0.05) is 5.56 Å². The minimum atomic E-state index is -0.467. The van der Waals surface area contributed by atoms with E-state index < -0.39 is 11.6 Å². The van der Waals surface area contributed by atoms with Gasteiger partial charge in [-0.3, -0.25) is 0 Å². The largest absolute Gasteiger partial charge is 0.316 e. The summed E-state index contributed by atoms with van der Waals surface area (Å²) in [6, 6.07) is 2.71. The van der Waals surface area contributed by atoms with Crippen molar-refractivity contribution in [3.8, 4) is 0 Å². The Bertz CT molecular complexity index is 380. The zero-order chi connectivity index (χ0) is 13.5. The van der Waals surface area contributed by atoms with Crippen LogP contribution in [-0.2, 0) is 6.42 Å². The van der Waals surface area contributed by atoms with Gasteiger partial charge in [0.25, 0.3) is 0 Å². The van der Waals surface area contributed by atoms with E-state index in [0.717, 1.165) is 25.9 Å². The molecule has 0 aliphatic rings. The van der Waals surface area contributed by atoms with Crippen LogP contribution in [0.25, 0.3) is 0 Å². The highest BCUT2D eigenvalue weighted by atomic mass is 79.9. The van der Waals surface area contributed by atoms with Crippen LogP contribution in [0.15, 0.2) is 16.6 Å². The van der Waals surface area contributed by atoms with E-state index in [-0.39, 0.29) is 5.56 Å². The molecule has 0 saturated carbocycles.